The number of hydrogen-bond acceptors (Lipinski definition) is 1. The van der Waals surface area contributed by atoms with Crippen LogP contribution in [0.25, 0.3) is 6.08 Å². The highest BCUT2D eigenvalue weighted by atomic mass is 79.9. The highest BCUT2D eigenvalue weighted by Crippen LogP contribution is 2.26. The molecule has 1 unspecified atom stereocenters. The van der Waals surface area contributed by atoms with Gasteiger partial charge in [-0.2, -0.15) is 0 Å². The largest absolute Gasteiger partial charge is 0.327 e. The third-order valence-corrected chi connectivity index (χ3v) is 3.28. The van der Waals surface area contributed by atoms with E-state index in [1.165, 1.54) is 11.6 Å². The van der Waals surface area contributed by atoms with Crippen LogP contribution in [0.2, 0.25) is 0 Å². The zero-order valence-corrected chi connectivity index (χ0v) is 9.93. The summed E-state index contributed by atoms with van der Waals surface area (Å²) in [6.07, 6.45) is 5.20. The molecule has 1 aromatic rings. The first-order valence-corrected chi connectivity index (χ1v) is 5.84. The van der Waals surface area contributed by atoms with E-state index in [-0.39, 0.29) is 5.82 Å². The molecule has 2 N–H and O–H groups in total. The minimum absolute atomic E-state index is 0.222. The first kappa shape index (κ1) is 10.8. The predicted molar refractivity (Wildman–Crippen MR) is 63.9 cm³/mol. The Morgan fingerprint density at radius 1 is 1.47 bits per heavy atom. The molecule has 0 heterocycles. The third kappa shape index (κ3) is 2.67. The Morgan fingerprint density at radius 3 is 2.87 bits per heavy atom. The SMILES string of the molecule is NC1CCC(=Cc2ccc(F)c(Br)c2)C1. The minimum Gasteiger partial charge on any atom is -0.327 e. The van der Waals surface area contributed by atoms with Gasteiger partial charge in [-0.3, -0.25) is 0 Å². The van der Waals surface area contributed by atoms with E-state index in [1.807, 2.05) is 0 Å². The van der Waals surface area contributed by atoms with Crippen LogP contribution >= 0.6 is 15.9 Å². The average molecular weight is 270 g/mol. The maximum Gasteiger partial charge on any atom is 0.137 e. The zero-order chi connectivity index (χ0) is 10.8. The van der Waals surface area contributed by atoms with Gasteiger partial charge in [0.05, 0.1) is 4.47 Å². The Morgan fingerprint density at radius 2 is 2.27 bits per heavy atom. The van der Waals surface area contributed by atoms with Crippen LogP contribution < -0.4 is 5.73 Å². The molecular formula is C12H13BrFN. The van der Waals surface area contributed by atoms with E-state index in [1.54, 1.807) is 12.1 Å². The van der Waals surface area contributed by atoms with Crippen molar-refractivity contribution in [2.75, 3.05) is 0 Å². The van der Waals surface area contributed by atoms with Crippen molar-refractivity contribution in [1.82, 2.24) is 0 Å². The highest BCUT2D eigenvalue weighted by molar-refractivity contribution is 9.10. The number of nitrogens with two attached hydrogens (primary N) is 1. The second-order valence-electron chi connectivity index (χ2n) is 3.98. The van der Waals surface area contributed by atoms with Gasteiger partial charge in [-0.05, 0) is 52.9 Å². The maximum absolute atomic E-state index is 13.0. The molecule has 80 valence electrons. The summed E-state index contributed by atoms with van der Waals surface area (Å²) in [5.41, 5.74) is 8.22. The molecule has 1 aliphatic rings. The lowest BCUT2D eigenvalue weighted by atomic mass is 10.1. The van der Waals surface area contributed by atoms with E-state index >= 15 is 0 Å². The van der Waals surface area contributed by atoms with Crippen LogP contribution in [0.4, 0.5) is 4.39 Å². The van der Waals surface area contributed by atoms with Crippen molar-refractivity contribution in [2.24, 2.45) is 5.73 Å². The summed E-state index contributed by atoms with van der Waals surface area (Å²) in [7, 11) is 0. The normalized spacial score (nSPS) is 23.7. The molecule has 2 rings (SSSR count). The monoisotopic (exact) mass is 269 g/mol. The van der Waals surface area contributed by atoms with Crippen molar-refractivity contribution < 1.29 is 4.39 Å². The lowest BCUT2D eigenvalue weighted by molar-refractivity contribution is 0.621. The molecule has 1 saturated carbocycles. The maximum atomic E-state index is 13.0. The fourth-order valence-electron chi connectivity index (χ4n) is 1.88. The van der Waals surface area contributed by atoms with E-state index in [9.17, 15) is 4.39 Å². The fraction of sp³-hybridized carbons (Fsp3) is 0.333. The number of rotatable bonds is 1. The zero-order valence-electron chi connectivity index (χ0n) is 8.34. The summed E-state index contributed by atoms with van der Waals surface area (Å²) in [6, 6.07) is 5.37. The van der Waals surface area contributed by atoms with Crippen molar-refractivity contribution in [1.29, 1.82) is 0 Å². The van der Waals surface area contributed by atoms with Crippen LogP contribution in [-0.2, 0) is 0 Å². The van der Waals surface area contributed by atoms with Gasteiger partial charge in [0.2, 0.25) is 0 Å². The van der Waals surface area contributed by atoms with Gasteiger partial charge in [-0.1, -0.05) is 17.7 Å². The van der Waals surface area contributed by atoms with Crippen LogP contribution in [0.5, 0.6) is 0 Å². The molecule has 0 bridgehead atoms. The standard InChI is InChI=1S/C12H13BrFN/c13-11-7-9(2-4-12(11)14)5-8-1-3-10(15)6-8/h2,4-5,7,10H,1,3,6,15H2. The minimum atomic E-state index is -0.222. The smallest absolute Gasteiger partial charge is 0.137 e. The van der Waals surface area contributed by atoms with Gasteiger partial charge in [0, 0.05) is 6.04 Å². The third-order valence-electron chi connectivity index (χ3n) is 2.68. The quantitative estimate of drug-likeness (QED) is 0.830. The molecule has 1 atom stereocenters. The van der Waals surface area contributed by atoms with Gasteiger partial charge in [-0.15, -0.1) is 0 Å². The molecule has 3 heteroatoms. The Kier molecular flexibility index (Phi) is 3.22. The average Bonchev–Trinajstić information content (AvgIpc) is 2.58. The number of halogens is 2. The Balaban J connectivity index is 2.20. The Labute approximate surface area is 97.3 Å². The summed E-state index contributed by atoms with van der Waals surface area (Å²) in [5, 5.41) is 0. The summed E-state index contributed by atoms with van der Waals surface area (Å²) in [4.78, 5) is 0. The molecule has 0 radical (unpaired) electrons. The first-order valence-electron chi connectivity index (χ1n) is 5.05. The fourth-order valence-corrected chi connectivity index (χ4v) is 2.28. The topological polar surface area (TPSA) is 26.0 Å². The lowest BCUT2D eigenvalue weighted by Gasteiger charge is -2.00. The van der Waals surface area contributed by atoms with Gasteiger partial charge in [0.15, 0.2) is 0 Å². The molecular weight excluding hydrogens is 257 g/mol. The van der Waals surface area contributed by atoms with Gasteiger partial charge >= 0.3 is 0 Å². The molecule has 0 aromatic heterocycles. The van der Waals surface area contributed by atoms with Crippen molar-refractivity contribution >= 4 is 22.0 Å². The summed E-state index contributed by atoms with van der Waals surface area (Å²) < 4.78 is 13.5. The van der Waals surface area contributed by atoms with Crippen molar-refractivity contribution in [3.8, 4) is 0 Å². The molecule has 1 aliphatic carbocycles. The molecule has 0 aliphatic heterocycles. The lowest BCUT2D eigenvalue weighted by Crippen LogP contribution is -2.13. The van der Waals surface area contributed by atoms with E-state index in [0.717, 1.165) is 24.8 Å². The molecule has 1 aromatic carbocycles. The van der Waals surface area contributed by atoms with E-state index < -0.39 is 0 Å². The molecule has 1 nitrogen and oxygen atoms in total. The number of benzene rings is 1. The van der Waals surface area contributed by atoms with Crippen LogP contribution in [0.15, 0.2) is 28.2 Å². The van der Waals surface area contributed by atoms with Gasteiger partial charge < -0.3 is 5.73 Å². The van der Waals surface area contributed by atoms with Crippen LogP contribution in [0.3, 0.4) is 0 Å². The summed E-state index contributed by atoms with van der Waals surface area (Å²) >= 11 is 3.18. The van der Waals surface area contributed by atoms with Gasteiger partial charge in [0.25, 0.3) is 0 Å². The van der Waals surface area contributed by atoms with E-state index in [0.29, 0.717) is 10.5 Å². The second-order valence-corrected chi connectivity index (χ2v) is 4.83. The van der Waals surface area contributed by atoms with Crippen LogP contribution in [0.1, 0.15) is 24.8 Å². The summed E-state index contributed by atoms with van der Waals surface area (Å²) in [6.45, 7) is 0. The van der Waals surface area contributed by atoms with Crippen LogP contribution in [-0.4, -0.2) is 6.04 Å². The van der Waals surface area contributed by atoms with Crippen LogP contribution in [0, 0.1) is 5.82 Å². The second kappa shape index (κ2) is 4.45. The van der Waals surface area contributed by atoms with E-state index in [2.05, 4.69) is 22.0 Å². The molecule has 1 fully saturated rings. The van der Waals surface area contributed by atoms with E-state index in [4.69, 9.17) is 5.73 Å². The van der Waals surface area contributed by atoms with Crippen molar-refractivity contribution in [2.45, 2.75) is 25.3 Å². The predicted octanol–water partition coefficient (Wildman–Crippen LogP) is 3.48. The Bertz CT molecular complexity index is 401. The van der Waals surface area contributed by atoms with Gasteiger partial charge in [0.1, 0.15) is 5.82 Å². The molecule has 0 amide bonds. The Hall–Kier alpha value is -0.670. The van der Waals surface area contributed by atoms with Gasteiger partial charge in [-0.25, -0.2) is 4.39 Å². The first-order chi connectivity index (χ1) is 7.15. The summed E-state index contributed by atoms with van der Waals surface area (Å²) in [5.74, 6) is -0.222. The number of hydrogen-bond donors (Lipinski definition) is 1. The van der Waals surface area contributed by atoms with Crippen molar-refractivity contribution in [3.63, 3.8) is 0 Å². The molecule has 0 saturated heterocycles. The molecule has 15 heavy (non-hydrogen) atoms. The molecule has 0 spiro atoms. The highest BCUT2D eigenvalue weighted by Gasteiger charge is 2.14. The van der Waals surface area contributed by atoms with Crippen molar-refractivity contribution in [3.05, 3.63) is 39.6 Å².